The molecule has 7 nitrogen and oxygen atoms in total. The van der Waals surface area contributed by atoms with E-state index in [0.717, 1.165) is 13.0 Å². The van der Waals surface area contributed by atoms with Gasteiger partial charge in [0.05, 0.1) is 12.2 Å². The van der Waals surface area contributed by atoms with Gasteiger partial charge in [0.2, 0.25) is 11.9 Å². The molecule has 1 aromatic rings. The standard InChI is InChI=1S/C13H25N5O2/c1-6-7-14-11-15-12(18(5)8-10(4)19)17-13(16-11)20-9(2)3/h9-10,19H,6-8H2,1-5H3,(H,14,15,16,17). The smallest absolute Gasteiger partial charge is 0.323 e. The van der Waals surface area contributed by atoms with E-state index in [1.54, 1.807) is 11.8 Å². The van der Waals surface area contributed by atoms with Gasteiger partial charge in [-0.2, -0.15) is 15.0 Å². The third-order valence-corrected chi connectivity index (χ3v) is 2.36. The number of aliphatic hydroxyl groups is 1. The molecular weight excluding hydrogens is 258 g/mol. The molecule has 0 radical (unpaired) electrons. The maximum atomic E-state index is 9.45. The quantitative estimate of drug-likeness (QED) is 0.744. The summed E-state index contributed by atoms with van der Waals surface area (Å²) >= 11 is 0. The molecule has 1 rings (SSSR count). The minimum Gasteiger partial charge on any atom is -0.461 e. The molecule has 0 aliphatic heterocycles. The molecule has 20 heavy (non-hydrogen) atoms. The number of nitrogens with one attached hydrogen (secondary N) is 1. The highest BCUT2D eigenvalue weighted by Gasteiger charge is 2.13. The number of hydrogen-bond donors (Lipinski definition) is 2. The minimum atomic E-state index is -0.460. The lowest BCUT2D eigenvalue weighted by molar-refractivity contribution is 0.200. The van der Waals surface area contributed by atoms with Gasteiger partial charge in [0, 0.05) is 20.1 Å². The molecule has 0 aliphatic carbocycles. The molecule has 114 valence electrons. The summed E-state index contributed by atoms with van der Waals surface area (Å²) in [5, 5.41) is 12.6. The predicted molar refractivity (Wildman–Crippen MR) is 79.3 cm³/mol. The Morgan fingerprint density at radius 2 is 1.95 bits per heavy atom. The molecule has 0 spiro atoms. The number of aliphatic hydroxyl groups excluding tert-OH is 1. The van der Waals surface area contributed by atoms with Crippen LogP contribution in [0.15, 0.2) is 0 Å². The van der Waals surface area contributed by atoms with Crippen LogP contribution in [0.25, 0.3) is 0 Å². The number of rotatable bonds is 8. The van der Waals surface area contributed by atoms with E-state index in [9.17, 15) is 5.11 Å². The molecule has 1 atom stereocenters. The van der Waals surface area contributed by atoms with Crippen LogP contribution in [-0.2, 0) is 0 Å². The average molecular weight is 283 g/mol. The summed E-state index contributed by atoms with van der Waals surface area (Å²) in [5.74, 6) is 0.972. The van der Waals surface area contributed by atoms with Gasteiger partial charge < -0.3 is 20.1 Å². The lowest BCUT2D eigenvalue weighted by Gasteiger charge is -2.20. The van der Waals surface area contributed by atoms with Crippen molar-refractivity contribution in [2.75, 3.05) is 30.4 Å². The molecule has 1 aromatic heterocycles. The monoisotopic (exact) mass is 283 g/mol. The molecule has 2 N–H and O–H groups in total. The number of hydrogen-bond acceptors (Lipinski definition) is 7. The summed E-state index contributed by atoms with van der Waals surface area (Å²) in [5.41, 5.74) is 0. The van der Waals surface area contributed by atoms with Crippen LogP contribution >= 0.6 is 0 Å². The predicted octanol–water partition coefficient (Wildman–Crippen LogP) is 1.30. The van der Waals surface area contributed by atoms with E-state index >= 15 is 0 Å². The van der Waals surface area contributed by atoms with Gasteiger partial charge in [-0.3, -0.25) is 0 Å². The van der Waals surface area contributed by atoms with Gasteiger partial charge in [0.1, 0.15) is 0 Å². The van der Waals surface area contributed by atoms with Crippen LogP contribution < -0.4 is 15.0 Å². The Morgan fingerprint density at radius 3 is 2.50 bits per heavy atom. The first-order chi connectivity index (χ1) is 9.42. The highest BCUT2D eigenvalue weighted by Crippen LogP contribution is 2.15. The van der Waals surface area contributed by atoms with Crippen LogP contribution in [0.4, 0.5) is 11.9 Å². The van der Waals surface area contributed by atoms with E-state index in [1.165, 1.54) is 0 Å². The fourth-order valence-corrected chi connectivity index (χ4v) is 1.57. The van der Waals surface area contributed by atoms with Gasteiger partial charge in [-0.1, -0.05) is 6.92 Å². The minimum absolute atomic E-state index is 0.00801. The summed E-state index contributed by atoms with van der Waals surface area (Å²) < 4.78 is 5.54. The van der Waals surface area contributed by atoms with Crippen molar-refractivity contribution in [3.63, 3.8) is 0 Å². The van der Waals surface area contributed by atoms with Crippen molar-refractivity contribution in [1.29, 1.82) is 0 Å². The van der Waals surface area contributed by atoms with E-state index in [2.05, 4.69) is 27.2 Å². The van der Waals surface area contributed by atoms with Crippen LogP contribution in [0.5, 0.6) is 6.01 Å². The average Bonchev–Trinajstić information content (AvgIpc) is 2.34. The van der Waals surface area contributed by atoms with Gasteiger partial charge in [0.25, 0.3) is 0 Å². The fourth-order valence-electron chi connectivity index (χ4n) is 1.57. The molecular formula is C13H25N5O2. The number of anilines is 2. The molecule has 0 bridgehead atoms. The lowest BCUT2D eigenvalue weighted by atomic mass is 10.4. The van der Waals surface area contributed by atoms with Crippen molar-refractivity contribution < 1.29 is 9.84 Å². The number of aromatic nitrogens is 3. The fraction of sp³-hybridized carbons (Fsp3) is 0.769. The summed E-state index contributed by atoms with van der Waals surface area (Å²) in [7, 11) is 1.82. The van der Waals surface area contributed by atoms with E-state index < -0.39 is 6.10 Å². The van der Waals surface area contributed by atoms with Crippen LogP contribution in [0.1, 0.15) is 34.1 Å². The number of ether oxygens (including phenoxy) is 1. The third-order valence-electron chi connectivity index (χ3n) is 2.36. The van der Waals surface area contributed by atoms with Crippen LogP contribution in [0.3, 0.4) is 0 Å². The zero-order valence-corrected chi connectivity index (χ0v) is 12.9. The zero-order chi connectivity index (χ0) is 15.1. The lowest BCUT2D eigenvalue weighted by Crippen LogP contribution is -2.29. The van der Waals surface area contributed by atoms with E-state index in [-0.39, 0.29) is 6.10 Å². The van der Waals surface area contributed by atoms with Gasteiger partial charge >= 0.3 is 6.01 Å². The summed E-state index contributed by atoms with van der Waals surface area (Å²) in [6.07, 6.45) is 0.509. The summed E-state index contributed by atoms with van der Waals surface area (Å²) in [6, 6.07) is 0.293. The van der Waals surface area contributed by atoms with Crippen LogP contribution in [-0.4, -0.2) is 52.4 Å². The first-order valence-corrected chi connectivity index (χ1v) is 6.98. The van der Waals surface area contributed by atoms with E-state index in [0.29, 0.717) is 24.5 Å². The van der Waals surface area contributed by atoms with E-state index in [4.69, 9.17) is 4.74 Å². The summed E-state index contributed by atoms with van der Waals surface area (Å²) in [4.78, 5) is 14.6. The largest absolute Gasteiger partial charge is 0.461 e. The van der Waals surface area contributed by atoms with Crippen molar-refractivity contribution in [1.82, 2.24) is 15.0 Å². The topological polar surface area (TPSA) is 83.4 Å². The van der Waals surface area contributed by atoms with Gasteiger partial charge in [-0.15, -0.1) is 0 Å². The van der Waals surface area contributed by atoms with Crippen molar-refractivity contribution in [3.05, 3.63) is 0 Å². The SMILES string of the molecule is CCCNc1nc(OC(C)C)nc(N(C)CC(C)O)n1. The Morgan fingerprint density at radius 1 is 1.25 bits per heavy atom. The molecule has 1 heterocycles. The number of nitrogens with zero attached hydrogens (tertiary/aromatic N) is 4. The van der Waals surface area contributed by atoms with Crippen molar-refractivity contribution >= 4 is 11.9 Å². The second-order valence-corrected chi connectivity index (χ2v) is 5.06. The highest BCUT2D eigenvalue weighted by atomic mass is 16.5. The maximum absolute atomic E-state index is 9.45. The highest BCUT2D eigenvalue weighted by molar-refractivity contribution is 5.37. The Labute approximate surface area is 120 Å². The Balaban J connectivity index is 2.95. The van der Waals surface area contributed by atoms with Gasteiger partial charge in [0.15, 0.2) is 0 Å². The molecule has 0 aliphatic rings. The number of likely N-dealkylation sites (N-methyl/N-ethyl adjacent to an activating group) is 1. The molecule has 0 saturated carbocycles. The van der Waals surface area contributed by atoms with Crippen molar-refractivity contribution in [3.8, 4) is 6.01 Å². The Hall–Kier alpha value is -1.63. The van der Waals surface area contributed by atoms with Crippen LogP contribution in [0, 0.1) is 0 Å². The molecule has 0 amide bonds. The second kappa shape index (κ2) is 7.84. The summed E-state index contributed by atoms with van der Waals surface area (Å²) in [6.45, 7) is 8.85. The van der Waals surface area contributed by atoms with Gasteiger partial charge in [-0.05, 0) is 27.2 Å². The van der Waals surface area contributed by atoms with Gasteiger partial charge in [-0.25, -0.2) is 0 Å². The third kappa shape index (κ3) is 5.56. The molecule has 1 unspecified atom stereocenters. The van der Waals surface area contributed by atoms with Crippen LogP contribution in [0.2, 0.25) is 0 Å². The normalized spacial score (nSPS) is 12.3. The first kappa shape index (κ1) is 16.4. The molecule has 0 fully saturated rings. The molecule has 7 heteroatoms. The zero-order valence-electron chi connectivity index (χ0n) is 12.9. The molecule has 0 saturated heterocycles. The van der Waals surface area contributed by atoms with Crippen molar-refractivity contribution in [2.24, 2.45) is 0 Å². The Kier molecular flexibility index (Phi) is 6.44. The Bertz CT molecular complexity index is 412. The molecule has 0 aromatic carbocycles. The second-order valence-electron chi connectivity index (χ2n) is 5.06. The van der Waals surface area contributed by atoms with Crippen molar-refractivity contribution in [2.45, 2.75) is 46.3 Å². The van der Waals surface area contributed by atoms with E-state index in [1.807, 2.05) is 20.9 Å². The maximum Gasteiger partial charge on any atom is 0.323 e. The first-order valence-electron chi connectivity index (χ1n) is 6.98.